The number of rotatable bonds is 3. The first-order valence-electron chi connectivity index (χ1n) is 5.51. The molecule has 0 saturated heterocycles. The largest absolute Gasteiger partial charge is 0.459 e. The van der Waals surface area contributed by atoms with Gasteiger partial charge in [-0.1, -0.05) is 29.8 Å². The van der Waals surface area contributed by atoms with Gasteiger partial charge in [0, 0.05) is 9.86 Å². The van der Waals surface area contributed by atoms with Gasteiger partial charge in [-0.05, 0) is 36.6 Å². The minimum atomic E-state index is -0.00817. The summed E-state index contributed by atoms with van der Waals surface area (Å²) in [5.41, 5.74) is 6.99. The highest BCUT2D eigenvalue weighted by molar-refractivity contribution is 9.10. The van der Waals surface area contributed by atoms with Crippen molar-refractivity contribution in [1.29, 1.82) is 0 Å². The van der Waals surface area contributed by atoms with Crippen molar-refractivity contribution in [2.75, 3.05) is 0 Å². The molecule has 86 valence electrons. The van der Waals surface area contributed by atoms with Crippen molar-refractivity contribution in [3.05, 3.63) is 34.5 Å². The van der Waals surface area contributed by atoms with Crippen molar-refractivity contribution in [3.63, 3.8) is 0 Å². The van der Waals surface area contributed by atoms with E-state index in [0.717, 1.165) is 27.6 Å². The van der Waals surface area contributed by atoms with E-state index in [1.165, 1.54) is 0 Å². The molecule has 0 radical (unpaired) electrons. The highest BCUT2D eigenvalue weighted by atomic mass is 79.9. The van der Waals surface area contributed by atoms with Gasteiger partial charge < -0.3 is 10.2 Å². The lowest BCUT2D eigenvalue weighted by Gasteiger charge is -2.10. The molecule has 0 saturated carbocycles. The van der Waals surface area contributed by atoms with Crippen LogP contribution in [0.3, 0.4) is 0 Å². The van der Waals surface area contributed by atoms with E-state index in [2.05, 4.69) is 29.8 Å². The van der Waals surface area contributed by atoms with Gasteiger partial charge in [0.1, 0.15) is 11.3 Å². The normalized spacial score (nSPS) is 13.6. The second-order valence-corrected chi connectivity index (χ2v) is 5.48. The highest BCUT2D eigenvalue weighted by Crippen LogP contribution is 2.28. The third kappa shape index (κ3) is 2.47. The van der Waals surface area contributed by atoms with E-state index in [1.54, 1.807) is 0 Å². The second-order valence-electron chi connectivity index (χ2n) is 4.57. The molecule has 0 bridgehead atoms. The molecule has 0 fully saturated rings. The van der Waals surface area contributed by atoms with E-state index in [-0.39, 0.29) is 6.04 Å². The van der Waals surface area contributed by atoms with Crippen LogP contribution in [0.2, 0.25) is 0 Å². The van der Waals surface area contributed by atoms with Gasteiger partial charge in [0.15, 0.2) is 0 Å². The maximum Gasteiger partial charge on any atom is 0.134 e. The molecule has 0 amide bonds. The summed E-state index contributed by atoms with van der Waals surface area (Å²) in [4.78, 5) is 0. The fourth-order valence-corrected chi connectivity index (χ4v) is 2.22. The van der Waals surface area contributed by atoms with E-state index in [9.17, 15) is 0 Å². The monoisotopic (exact) mass is 281 g/mol. The van der Waals surface area contributed by atoms with Gasteiger partial charge >= 0.3 is 0 Å². The van der Waals surface area contributed by atoms with Crippen LogP contribution < -0.4 is 5.73 Å². The molecule has 0 aliphatic heterocycles. The van der Waals surface area contributed by atoms with Gasteiger partial charge in [0.2, 0.25) is 0 Å². The zero-order valence-corrected chi connectivity index (χ0v) is 11.1. The summed E-state index contributed by atoms with van der Waals surface area (Å²) in [5, 5.41) is 1.10. The maximum atomic E-state index is 6.09. The first-order chi connectivity index (χ1) is 7.56. The quantitative estimate of drug-likeness (QED) is 0.914. The van der Waals surface area contributed by atoms with Gasteiger partial charge in [-0.15, -0.1) is 0 Å². The van der Waals surface area contributed by atoms with E-state index in [0.29, 0.717) is 5.92 Å². The lowest BCUT2D eigenvalue weighted by atomic mass is 10.0. The Morgan fingerprint density at radius 1 is 1.31 bits per heavy atom. The molecule has 16 heavy (non-hydrogen) atoms. The molecule has 3 heteroatoms. The number of benzene rings is 1. The number of nitrogens with two attached hydrogens (primary N) is 1. The third-order valence-electron chi connectivity index (χ3n) is 2.59. The van der Waals surface area contributed by atoms with Gasteiger partial charge in [0.25, 0.3) is 0 Å². The molecule has 2 aromatic rings. The first-order valence-corrected chi connectivity index (χ1v) is 6.30. The maximum absolute atomic E-state index is 6.09. The van der Waals surface area contributed by atoms with Crippen molar-refractivity contribution >= 4 is 26.9 Å². The predicted octanol–water partition coefficient (Wildman–Crippen LogP) is 4.24. The number of furan rings is 1. The molecule has 0 aliphatic carbocycles. The summed E-state index contributed by atoms with van der Waals surface area (Å²) >= 11 is 3.45. The van der Waals surface area contributed by atoms with Crippen LogP contribution in [-0.2, 0) is 0 Å². The number of fused-ring (bicyclic) bond motifs is 1. The molecule has 0 aliphatic rings. The Kier molecular flexibility index (Phi) is 3.36. The molecule has 1 heterocycles. The summed E-state index contributed by atoms with van der Waals surface area (Å²) in [7, 11) is 0. The summed E-state index contributed by atoms with van der Waals surface area (Å²) < 4.78 is 6.80. The summed E-state index contributed by atoms with van der Waals surface area (Å²) in [5.74, 6) is 1.46. The van der Waals surface area contributed by atoms with Gasteiger partial charge in [-0.25, -0.2) is 0 Å². The Balaban J connectivity index is 2.32. The van der Waals surface area contributed by atoms with Crippen molar-refractivity contribution in [3.8, 4) is 0 Å². The highest BCUT2D eigenvalue weighted by Gasteiger charge is 2.13. The smallest absolute Gasteiger partial charge is 0.134 e. The molecule has 2 rings (SSSR count). The number of hydrogen-bond acceptors (Lipinski definition) is 2. The zero-order valence-electron chi connectivity index (χ0n) is 9.53. The standard InChI is InChI=1S/C13H16BrNO/c1-8(2)5-11(15)13-7-9-6-10(14)3-4-12(9)16-13/h3-4,6-8,11H,5,15H2,1-2H3/t11-/m0/s1. The Hall–Kier alpha value is -0.800. The average molecular weight is 282 g/mol. The summed E-state index contributed by atoms with van der Waals surface area (Å²) in [6.45, 7) is 4.33. The molecular formula is C13H16BrNO. The molecule has 1 atom stereocenters. The Labute approximate surface area is 104 Å². The van der Waals surface area contributed by atoms with Crippen molar-refractivity contribution in [1.82, 2.24) is 0 Å². The molecule has 0 spiro atoms. The van der Waals surface area contributed by atoms with Crippen LogP contribution in [0.25, 0.3) is 11.0 Å². The van der Waals surface area contributed by atoms with Crippen molar-refractivity contribution in [2.24, 2.45) is 11.7 Å². The van der Waals surface area contributed by atoms with Gasteiger partial charge in [0.05, 0.1) is 6.04 Å². The lowest BCUT2D eigenvalue weighted by Crippen LogP contribution is -2.11. The van der Waals surface area contributed by atoms with Crippen LogP contribution in [0, 0.1) is 5.92 Å². The zero-order chi connectivity index (χ0) is 11.7. The van der Waals surface area contributed by atoms with Crippen LogP contribution >= 0.6 is 15.9 Å². The fraction of sp³-hybridized carbons (Fsp3) is 0.385. The van der Waals surface area contributed by atoms with E-state index in [1.807, 2.05) is 24.3 Å². The Bertz CT molecular complexity index is 490. The summed E-state index contributed by atoms with van der Waals surface area (Å²) in [6, 6.07) is 8.01. The molecule has 1 aromatic heterocycles. The lowest BCUT2D eigenvalue weighted by molar-refractivity contribution is 0.431. The molecule has 2 nitrogen and oxygen atoms in total. The van der Waals surface area contributed by atoms with Gasteiger partial charge in [-0.3, -0.25) is 0 Å². The van der Waals surface area contributed by atoms with E-state index >= 15 is 0 Å². The fourth-order valence-electron chi connectivity index (χ4n) is 1.84. The van der Waals surface area contributed by atoms with Gasteiger partial charge in [-0.2, -0.15) is 0 Å². The predicted molar refractivity (Wildman–Crippen MR) is 70.3 cm³/mol. The van der Waals surface area contributed by atoms with Crippen LogP contribution in [0.15, 0.2) is 33.2 Å². The van der Waals surface area contributed by atoms with Crippen LogP contribution in [0.1, 0.15) is 32.1 Å². The summed E-state index contributed by atoms with van der Waals surface area (Å²) in [6.07, 6.45) is 0.945. The molecular weight excluding hydrogens is 266 g/mol. The Morgan fingerprint density at radius 3 is 2.75 bits per heavy atom. The molecule has 0 unspecified atom stereocenters. The second kappa shape index (κ2) is 4.60. The number of hydrogen-bond donors (Lipinski definition) is 1. The number of halogens is 1. The van der Waals surface area contributed by atoms with Crippen LogP contribution in [0.5, 0.6) is 0 Å². The van der Waals surface area contributed by atoms with Crippen LogP contribution in [-0.4, -0.2) is 0 Å². The average Bonchev–Trinajstić information content (AvgIpc) is 2.59. The minimum absolute atomic E-state index is 0.00817. The minimum Gasteiger partial charge on any atom is -0.459 e. The first kappa shape index (κ1) is 11.7. The van der Waals surface area contributed by atoms with E-state index in [4.69, 9.17) is 10.2 Å². The topological polar surface area (TPSA) is 39.2 Å². The van der Waals surface area contributed by atoms with Crippen molar-refractivity contribution in [2.45, 2.75) is 26.3 Å². The molecule has 2 N–H and O–H groups in total. The van der Waals surface area contributed by atoms with E-state index < -0.39 is 0 Å². The Morgan fingerprint density at radius 2 is 2.06 bits per heavy atom. The third-order valence-corrected chi connectivity index (χ3v) is 3.08. The van der Waals surface area contributed by atoms with Crippen molar-refractivity contribution < 1.29 is 4.42 Å². The molecule has 1 aromatic carbocycles. The SMILES string of the molecule is CC(C)C[C@H](N)c1cc2cc(Br)ccc2o1. The van der Waals surface area contributed by atoms with Crippen LogP contribution in [0.4, 0.5) is 0 Å².